The highest BCUT2D eigenvalue weighted by Gasteiger charge is 2.15. The van der Waals surface area contributed by atoms with Crippen molar-refractivity contribution in [1.29, 1.82) is 0 Å². The van der Waals surface area contributed by atoms with Gasteiger partial charge in [0.25, 0.3) is 5.91 Å². The van der Waals surface area contributed by atoms with Gasteiger partial charge in [-0.25, -0.2) is 4.98 Å². The highest BCUT2D eigenvalue weighted by atomic mass is 32.1. The van der Waals surface area contributed by atoms with E-state index in [0.717, 1.165) is 11.3 Å². The molecule has 3 rings (SSSR count). The fourth-order valence-corrected chi connectivity index (χ4v) is 3.98. The van der Waals surface area contributed by atoms with Crippen LogP contribution < -0.4 is 14.8 Å². The maximum Gasteiger partial charge on any atom is 0.257 e. The molecule has 1 amide bonds. The number of anilines is 1. The Morgan fingerprint density at radius 3 is 2.46 bits per heavy atom. The van der Waals surface area contributed by atoms with Crippen molar-refractivity contribution >= 4 is 22.4 Å². The third-order valence-corrected chi connectivity index (χ3v) is 5.14. The zero-order chi connectivity index (χ0) is 20.3. The number of benzene rings is 2. The van der Waals surface area contributed by atoms with Gasteiger partial charge in [-0.1, -0.05) is 17.7 Å². The van der Waals surface area contributed by atoms with Crippen LogP contribution in [0.25, 0.3) is 11.3 Å². The van der Waals surface area contributed by atoms with Gasteiger partial charge < -0.3 is 9.47 Å². The summed E-state index contributed by atoms with van der Waals surface area (Å²) in [6, 6.07) is 9.41. The normalized spacial score (nSPS) is 10.6. The summed E-state index contributed by atoms with van der Waals surface area (Å²) < 4.78 is 10.8. The molecule has 0 aliphatic rings. The highest BCUT2D eigenvalue weighted by molar-refractivity contribution is 7.14. The summed E-state index contributed by atoms with van der Waals surface area (Å²) in [6.07, 6.45) is 0. The first-order valence-electron chi connectivity index (χ1n) is 9.08. The summed E-state index contributed by atoms with van der Waals surface area (Å²) in [5.41, 5.74) is 6.06. The average Bonchev–Trinajstić information content (AvgIpc) is 3.09. The number of carbonyl (C=O) groups excluding carboxylic acids is 1. The van der Waals surface area contributed by atoms with Crippen LogP contribution in [-0.2, 0) is 0 Å². The van der Waals surface area contributed by atoms with Crippen molar-refractivity contribution in [2.24, 2.45) is 0 Å². The second kappa shape index (κ2) is 8.44. The SMILES string of the molecule is CCOc1ccc(C(=O)Nc2nc(-c3c(C)cc(C)cc3C)cs2)cc1OC. The number of thiazole rings is 1. The lowest BCUT2D eigenvalue weighted by Gasteiger charge is -2.10. The van der Waals surface area contributed by atoms with Gasteiger partial charge in [0.1, 0.15) is 0 Å². The Balaban J connectivity index is 1.81. The Morgan fingerprint density at radius 1 is 1.11 bits per heavy atom. The number of nitrogens with one attached hydrogen (secondary N) is 1. The number of rotatable bonds is 6. The molecule has 6 heteroatoms. The number of hydrogen-bond donors (Lipinski definition) is 1. The predicted molar refractivity (Wildman–Crippen MR) is 114 cm³/mol. The molecule has 28 heavy (non-hydrogen) atoms. The predicted octanol–water partition coefficient (Wildman–Crippen LogP) is 5.39. The number of nitrogens with zero attached hydrogens (tertiary/aromatic N) is 1. The summed E-state index contributed by atoms with van der Waals surface area (Å²) in [5.74, 6) is 0.906. The average molecular weight is 397 g/mol. The molecule has 0 aliphatic carbocycles. The summed E-state index contributed by atoms with van der Waals surface area (Å²) in [5, 5.41) is 5.41. The molecular weight excluding hydrogens is 372 g/mol. The first kappa shape index (κ1) is 19.9. The third-order valence-electron chi connectivity index (χ3n) is 4.38. The molecule has 0 saturated carbocycles. The van der Waals surface area contributed by atoms with E-state index in [9.17, 15) is 4.79 Å². The molecule has 0 bridgehead atoms. The van der Waals surface area contributed by atoms with E-state index in [4.69, 9.17) is 9.47 Å². The van der Waals surface area contributed by atoms with Gasteiger partial charge in [-0.2, -0.15) is 0 Å². The quantitative estimate of drug-likeness (QED) is 0.606. The molecule has 0 radical (unpaired) electrons. The Labute approximate surface area is 169 Å². The number of methoxy groups -OCH3 is 1. The second-order valence-corrected chi connectivity index (χ2v) is 7.42. The van der Waals surface area contributed by atoms with E-state index in [0.29, 0.717) is 28.8 Å². The lowest BCUT2D eigenvalue weighted by atomic mass is 9.98. The van der Waals surface area contributed by atoms with Crippen molar-refractivity contribution in [1.82, 2.24) is 4.98 Å². The molecule has 146 valence electrons. The molecule has 0 saturated heterocycles. The van der Waals surface area contributed by atoms with Crippen LogP contribution in [0.1, 0.15) is 34.0 Å². The van der Waals surface area contributed by atoms with Gasteiger partial charge in [0, 0.05) is 16.5 Å². The van der Waals surface area contributed by atoms with Gasteiger partial charge in [0.2, 0.25) is 0 Å². The topological polar surface area (TPSA) is 60.5 Å². The van der Waals surface area contributed by atoms with Crippen molar-refractivity contribution in [2.75, 3.05) is 19.0 Å². The van der Waals surface area contributed by atoms with Crippen molar-refractivity contribution in [3.05, 3.63) is 58.0 Å². The molecule has 1 heterocycles. The fraction of sp³-hybridized carbons (Fsp3) is 0.273. The van der Waals surface area contributed by atoms with Gasteiger partial charge in [0.05, 0.1) is 19.4 Å². The van der Waals surface area contributed by atoms with E-state index < -0.39 is 0 Å². The monoisotopic (exact) mass is 396 g/mol. The Morgan fingerprint density at radius 2 is 1.82 bits per heavy atom. The lowest BCUT2D eigenvalue weighted by Crippen LogP contribution is -2.12. The van der Waals surface area contributed by atoms with Crippen LogP contribution in [0, 0.1) is 20.8 Å². The van der Waals surface area contributed by atoms with E-state index in [1.807, 2.05) is 12.3 Å². The minimum atomic E-state index is -0.236. The van der Waals surface area contributed by atoms with Crippen LogP contribution in [0.5, 0.6) is 11.5 Å². The first-order valence-corrected chi connectivity index (χ1v) is 9.96. The van der Waals surface area contributed by atoms with Crippen LogP contribution in [0.4, 0.5) is 5.13 Å². The number of carbonyl (C=O) groups is 1. The molecular formula is C22H24N2O3S. The van der Waals surface area contributed by atoms with Gasteiger partial charge in [-0.15, -0.1) is 11.3 Å². The number of aromatic nitrogens is 1. The zero-order valence-electron chi connectivity index (χ0n) is 16.8. The zero-order valence-corrected chi connectivity index (χ0v) is 17.6. The minimum Gasteiger partial charge on any atom is -0.493 e. The van der Waals surface area contributed by atoms with Crippen LogP contribution in [0.3, 0.4) is 0 Å². The summed E-state index contributed by atoms with van der Waals surface area (Å²) in [7, 11) is 1.55. The maximum atomic E-state index is 12.6. The molecule has 1 N–H and O–H groups in total. The summed E-state index contributed by atoms with van der Waals surface area (Å²) in [4.78, 5) is 17.3. The maximum absolute atomic E-state index is 12.6. The van der Waals surface area contributed by atoms with Gasteiger partial charge >= 0.3 is 0 Å². The largest absolute Gasteiger partial charge is 0.493 e. The molecule has 3 aromatic rings. The smallest absolute Gasteiger partial charge is 0.257 e. The van der Waals surface area contributed by atoms with Crippen LogP contribution in [-0.4, -0.2) is 24.6 Å². The fourth-order valence-electron chi connectivity index (χ4n) is 3.28. The van der Waals surface area contributed by atoms with Crippen LogP contribution >= 0.6 is 11.3 Å². The molecule has 0 aliphatic heterocycles. The molecule has 0 unspecified atom stereocenters. The molecule has 1 aromatic heterocycles. The molecule has 5 nitrogen and oxygen atoms in total. The second-order valence-electron chi connectivity index (χ2n) is 6.56. The van der Waals surface area contributed by atoms with E-state index in [-0.39, 0.29) is 5.91 Å². The van der Waals surface area contributed by atoms with E-state index in [1.165, 1.54) is 28.0 Å². The van der Waals surface area contributed by atoms with E-state index in [1.54, 1.807) is 25.3 Å². The van der Waals surface area contributed by atoms with Crippen molar-refractivity contribution in [3.63, 3.8) is 0 Å². The Bertz CT molecular complexity index is 988. The van der Waals surface area contributed by atoms with Crippen molar-refractivity contribution < 1.29 is 14.3 Å². The molecule has 2 aromatic carbocycles. The van der Waals surface area contributed by atoms with Crippen LogP contribution in [0.2, 0.25) is 0 Å². The van der Waals surface area contributed by atoms with Gasteiger partial charge in [-0.05, 0) is 57.0 Å². The number of amides is 1. The Hall–Kier alpha value is -2.86. The van der Waals surface area contributed by atoms with Gasteiger partial charge in [-0.3, -0.25) is 10.1 Å². The van der Waals surface area contributed by atoms with Crippen LogP contribution in [0.15, 0.2) is 35.7 Å². The number of ether oxygens (including phenoxy) is 2. The molecule has 0 fully saturated rings. The highest BCUT2D eigenvalue weighted by Crippen LogP contribution is 2.32. The standard InChI is InChI=1S/C22H24N2O3S/c1-6-27-18-8-7-16(11-19(18)26-5)21(25)24-22-23-17(12-28-22)20-14(3)9-13(2)10-15(20)4/h7-12H,6H2,1-5H3,(H,23,24,25). The summed E-state index contributed by atoms with van der Waals surface area (Å²) in [6.45, 7) is 8.68. The molecule has 0 spiro atoms. The van der Waals surface area contributed by atoms with E-state index in [2.05, 4.69) is 43.2 Å². The van der Waals surface area contributed by atoms with Crippen molar-refractivity contribution in [2.45, 2.75) is 27.7 Å². The lowest BCUT2D eigenvalue weighted by molar-refractivity contribution is 0.102. The summed E-state index contributed by atoms with van der Waals surface area (Å²) >= 11 is 1.41. The minimum absolute atomic E-state index is 0.236. The third kappa shape index (κ3) is 4.17. The number of hydrogen-bond acceptors (Lipinski definition) is 5. The Kier molecular flexibility index (Phi) is 5.99. The first-order chi connectivity index (χ1) is 13.4. The van der Waals surface area contributed by atoms with Gasteiger partial charge in [0.15, 0.2) is 16.6 Å². The molecule has 0 atom stereocenters. The van der Waals surface area contributed by atoms with Crippen molar-refractivity contribution in [3.8, 4) is 22.8 Å². The van der Waals surface area contributed by atoms with E-state index >= 15 is 0 Å². The number of aryl methyl sites for hydroxylation is 3.